The van der Waals surface area contributed by atoms with Crippen molar-refractivity contribution < 1.29 is 5.11 Å². The average Bonchev–Trinajstić information content (AvgIpc) is 2.35. The fraction of sp³-hybridized carbons (Fsp3) is 0.286. The summed E-state index contributed by atoms with van der Waals surface area (Å²) in [5.41, 5.74) is 0.365. The second kappa shape index (κ2) is 5.89. The Bertz CT molecular complexity index is 638. The molecule has 0 radical (unpaired) electrons. The first-order valence-corrected chi connectivity index (χ1v) is 6.57. The topological polar surface area (TPSA) is 66.0 Å². The highest BCUT2D eigenvalue weighted by atomic mass is 35.5. The standard InChI is InChI=1S/C14H15ClN2O2/c1-2-3-7-11-16-13(18)12(14(19)17-11)9-5-4-6-10(15)8-9/h4-6,8H,2-3,7H2,1H3,(H2,16,17,18,19). The van der Waals surface area contributed by atoms with E-state index in [2.05, 4.69) is 16.9 Å². The van der Waals surface area contributed by atoms with E-state index in [-0.39, 0.29) is 17.0 Å². The van der Waals surface area contributed by atoms with Gasteiger partial charge in [0.15, 0.2) is 0 Å². The number of hydrogen-bond donors (Lipinski definition) is 2. The van der Waals surface area contributed by atoms with Crippen molar-refractivity contribution in [2.45, 2.75) is 26.2 Å². The number of benzene rings is 1. The number of halogens is 1. The van der Waals surface area contributed by atoms with E-state index < -0.39 is 0 Å². The van der Waals surface area contributed by atoms with Gasteiger partial charge >= 0.3 is 0 Å². The SMILES string of the molecule is CCCCc1nc(O)c(-c2cccc(Cl)c2)c(=O)[nH]1. The summed E-state index contributed by atoms with van der Waals surface area (Å²) in [7, 11) is 0. The van der Waals surface area contributed by atoms with E-state index in [9.17, 15) is 9.90 Å². The van der Waals surface area contributed by atoms with Gasteiger partial charge in [0.1, 0.15) is 11.4 Å². The third kappa shape index (κ3) is 3.15. The van der Waals surface area contributed by atoms with E-state index in [1.807, 2.05) is 0 Å². The van der Waals surface area contributed by atoms with Gasteiger partial charge in [0.2, 0.25) is 5.88 Å². The van der Waals surface area contributed by atoms with Crippen molar-refractivity contribution in [3.05, 3.63) is 45.5 Å². The number of nitrogens with zero attached hydrogens (tertiary/aromatic N) is 1. The lowest BCUT2D eigenvalue weighted by Gasteiger charge is -2.06. The first-order valence-electron chi connectivity index (χ1n) is 6.20. The van der Waals surface area contributed by atoms with Crippen LogP contribution in [0.3, 0.4) is 0 Å². The molecule has 0 spiro atoms. The molecule has 0 amide bonds. The fourth-order valence-corrected chi connectivity index (χ4v) is 2.06. The second-order valence-electron chi connectivity index (χ2n) is 4.33. The van der Waals surface area contributed by atoms with Crippen LogP contribution in [0.2, 0.25) is 5.02 Å². The summed E-state index contributed by atoms with van der Waals surface area (Å²) in [6, 6.07) is 6.77. The lowest BCUT2D eigenvalue weighted by Crippen LogP contribution is -2.14. The highest BCUT2D eigenvalue weighted by molar-refractivity contribution is 6.30. The predicted octanol–water partition coefficient (Wildman–Crippen LogP) is 3.14. The highest BCUT2D eigenvalue weighted by Gasteiger charge is 2.13. The minimum atomic E-state index is -0.346. The Morgan fingerprint density at radius 1 is 1.42 bits per heavy atom. The second-order valence-corrected chi connectivity index (χ2v) is 4.76. The molecule has 0 saturated heterocycles. The summed E-state index contributed by atoms with van der Waals surface area (Å²) in [5, 5.41) is 10.4. The third-order valence-corrected chi connectivity index (χ3v) is 3.06. The van der Waals surface area contributed by atoms with Crippen molar-refractivity contribution in [2.75, 3.05) is 0 Å². The van der Waals surface area contributed by atoms with E-state index in [1.54, 1.807) is 24.3 Å². The van der Waals surface area contributed by atoms with Gasteiger partial charge in [0.25, 0.3) is 5.56 Å². The van der Waals surface area contributed by atoms with Gasteiger partial charge in [-0.25, -0.2) is 0 Å². The summed E-state index contributed by atoms with van der Waals surface area (Å²) in [6.07, 6.45) is 2.56. The van der Waals surface area contributed by atoms with Gasteiger partial charge in [0.05, 0.1) is 0 Å². The molecule has 100 valence electrons. The van der Waals surface area contributed by atoms with Crippen LogP contribution in [0.25, 0.3) is 11.1 Å². The van der Waals surface area contributed by atoms with Crippen LogP contribution in [0.4, 0.5) is 0 Å². The van der Waals surface area contributed by atoms with Crippen LogP contribution in [-0.2, 0) is 6.42 Å². The molecule has 1 heterocycles. The van der Waals surface area contributed by atoms with Gasteiger partial charge < -0.3 is 10.1 Å². The Hall–Kier alpha value is -1.81. The van der Waals surface area contributed by atoms with Gasteiger partial charge in [-0.1, -0.05) is 37.1 Å². The minimum absolute atomic E-state index is 0.155. The molecule has 5 heteroatoms. The lowest BCUT2D eigenvalue weighted by atomic mass is 10.1. The summed E-state index contributed by atoms with van der Waals surface area (Å²) in [4.78, 5) is 18.8. The predicted molar refractivity (Wildman–Crippen MR) is 75.6 cm³/mol. The number of aryl methyl sites for hydroxylation is 1. The first kappa shape index (κ1) is 13.6. The lowest BCUT2D eigenvalue weighted by molar-refractivity contribution is 0.449. The van der Waals surface area contributed by atoms with E-state index in [0.29, 0.717) is 22.8 Å². The Morgan fingerprint density at radius 2 is 2.21 bits per heavy atom. The molecule has 1 aromatic carbocycles. The van der Waals surface area contributed by atoms with Crippen molar-refractivity contribution in [3.8, 4) is 17.0 Å². The number of aromatic nitrogens is 2. The molecule has 0 bridgehead atoms. The van der Waals surface area contributed by atoms with Crippen LogP contribution in [0.1, 0.15) is 25.6 Å². The van der Waals surface area contributed by atoms with E-state index in [4.69, 9.17) is 11.6 Å². The smallest absolute Gasteiger partial charge is 0.262 e. The van der Waals surface area contributed by atoms with Crippen molar-refractivity contribution in [2.24, 2.45) is 0 Å². The Kier molecular flexibility index (Phi) is 4.22. The highest BCUT2D eigenvalue weighted by Crippen LogP contribution is 2.25. The number of aromatic amines is 1. The zero-order valence-corrected chi connectivity index (χ0v) is 11.4. The summed E-state index contributed by atoms with van der Waals surface area (Å²) < 4.78 is 0. The van der Waals surface area contributed by atoms with Crippen LogP contribution in [0.5, 0.6) is 5.88 Å². The van der Waals surface area contributed by atoms with E-state index in [1.165, 1.54) is 0 Å². The van der Waals surface area contributed by atoms with Crippen LogP contribution >= 0.6 is 11.6 Å². The largest absolute Gasteiger partial charge is 0.493 e. The number of rotatable bonds is 4. The molecule has 0 aliphatic carbocycles. The van der Waals surface area contributed by atoms with Crippen molar-refractivity contribution in [1.82, 2.24) is 9.97 Å². The molecule has 2 N–H and O–H groups in total. The van der Waals surface area contributed by atoms with Crippen molar-refractivity contribution in [3.63, 3.8) is 0 Å². The molecular formula is C14H15ClN2O2. The average molecular weight is 279 g/mol. The molecule has 0 aliphatic heterocycles. The summed E-state index contributed by atoms with van der Waals surface area (Å²) in [6.45, 7) is 2.05. The van der Waals surface area contributed by atoms with Crippen LogP contribution in [0.15, 0.2) is 29.1 Å². The fourth-order valence-electron chi connectivity index (χ4n) is 1.87. The number of hydrogen-bond acceptors (Lipinski definition) is 3. The normalized spacial score (nSPS) is 10.6. The zero-order chi connectivity index (χ0) is 13.8. The molecule has 0 aliphatic rings. The first-order chi connectivity index (χ1) is 9.11. The summed E-state index contributed by atoms with van der Waals surface area (Å²) in [5.74, 6) is 0.257. The number of nitrogens with one attached hydrogen (secondary N) is 1. The molecule has 2 aromatic rings. The Labute approximate surface area is 116 Å². The summed E-state index contributed by atoms with van der Waals surface area (Å²) >= 11 is 5.88. The minimum Gasteiger partial charge on any atom is -0.493 e. The van der Waals surface area contributed by atoms with E-state index in [0.717, 1.165) is 12.8 Å². The van der Waals surface area contributed by atoms with E-state index >= 15 is 0 Å². The molecule has 0 atom stereocenters. The van der Waals surface area contributed by atoms with Crippen molar-refractivity contribution >= 4 is 11.6 Å². The molecule has 4 nitrogen and oxygen atoms in total. The van der Waals surface area contributed by atoms with Crippen LogP contribution < -0.4 is 5.56 Å². The molecular weight excluding hydrogens is 264 g/mol. The monoisotopic (exact) mass is 278 g/mol. The maximum absolute atomic E-state index is 12.0. The molecule has 19 heavy (non-hydrogen) atoms. The van der Waals surface area contributed by atoms with Gasteiger partial charge in [-0.2, -0.15) is 4.98 Å². The van der Waals surface area contributed by atoms with Gasteiger partial charge in [-0.05, 0) is 24.1 Å². The Balaban J connectivity index is 2.45. The molecule has 1 aromatic heterocycles. The van der Waals surface area contributed by atoms with Gasteiger partial charge in [-0.3, -0.25) is 4.79 Å². The Morgan fingerprint density at radius 3 is 2.84 bits per heavy atom. The van der Waals surface area contributed by atoms with Crippen LogP contribution in [-0.4, -0.2) is 15.1 Å². The molecule has 0 saturated carbocycles. The molecule has 0 fully saturated rings. The number of aromatic hydroxyl groups is 1. The third-order valence-electron chi connectivity index (χ3n) is 2.83. The number of unbranched alkanes of at least 4 members (excludes halogenated alkanes) is 1. The molecule has 0 unspecified atom stereocenters. The van der Waals surface area contributed by atoms with Crippen molar-refractivity contribution in [1.29, 1.82) is 0 Å². The van der Waals surface area contributed by atoms with Gasteiger partial charge in [-0.15, -0.1) is 0 Å². The quantitative estimate of drug-likeness (QED) is 0.903. The number of H-pyrrole nitrogens is 1. The maximum Gasteiger partial charge on any atom is 0.262 e. The molecule has 2 rings (SSSR count). The zero-order valence-electron chi connectivity index (χ0n) is 10.6. The maximum atomic E-state index is 12.0. The van der Waals surface area contributed by atoms with Crippen LogP contribution in [0, 0.1) is 0 Å². The van der Waals surface area contributed by atoms with Gasteiger partial charge in [0, 0.05) is 11.4 Å².